The fraction of sp³-hybridized carbons (Fsp3) is 0.727. The normalized spacial score (nSPS) is 24.9. The van der Waals surface area contributed by atoms with Gasteiger partial charge in [-0.2, -0.15) is 16.1 Å². The maximum atomic E-state index is 5.92. The molecule has 1 unspecified atom stereocenters. The number of hydrogen-bond acceptors (Lipinski definition) is 5. The van der Waals surface area contributed by atoms with Gasteiger partial charge in [0.15, 0.2) is 0 Å². The predicted octanol–water partition coefficient (Wildman–Crippen LogP) is 2.77. The third-order valence-corrected chi connectivity index (χ3v) is 5.38. The Morgan fingerprint density at radius 2 is 2.25 bits per heavy atom. The summed E-state index contributed by atoms with van der Waals surface area (Å²) in [7, 11) is 0. The largest absolute Gasteiger partial charge is 0.383 e. The standard InChI is InChI=1S/C11H17N3S2/c12-10-9(8-1-2-8)11(16-14-10)13-5-7-3-4-15-6-7/h7-8,13H,1-6H2,(H2,12,14). The zero-order valence-corrected chi connectivity index (χ0v) is 10.9. The number of thioether (sulfide) groups is 1. The topological polar surface area (TPSA) is 50.9 Å². The summed E-state index contributed by atoms with van der Waals surface area (Å²) in [6, 6.07) is 0. The van der Waals surface area contributed by atoms with Crippen LogP contribution in [0.3, 0.4) is 0 Å². The van der Waals surface area contributed by atoms with Crippen molar-refractivity contribution >= 4 is 34.1 Å². The molecule has 88 valence electrons. The van der Waals surface area contributed by atoms with Crippen LogP contribution >= 0.6 is 23.3 Å². The summed E-state index contributed by atoms with van der Waals surface area (Å²) in [6.07, 6.45) is 3.93. The van der Waals surface area contributed by atoms with Crippen molar-refractivity contribution in [3.8, 4) is 0 Å². The van der Waals surface area contributed by atoms with E-state index in [0.717, 1.165) is 18.3 Å². The van der Waals surface area contributed by atoms with Crippen LogP contribution in [0.25, 0.3) is 0 Å². The van der Waals surface area contributed by atoms with Gasteiger partial charge in [0, 0.05) is 12.1 Å². The lowest BCUT2D eigenvalue weighted by Crippen LogP contribution is -2.13. The summed E-state index contributed by atoms with van der Waals surface area (Å²) in [6.45, 7) is 1.09. The van der Waals surface area contributed by atoms with E-state index in [2.05, 4.69) is 21.5 Å². The Morgan fingerprint density at radius 1 is 1.38 bits per heavy atom. The van der Waals surface area contributed by atoms with Gasteiger partial charge >= 0.3 is 0 Å². The van der Waals surface area contributed by atoms with Crippen LogP contribution in [0, 0.1) is 5.92 Å². The molecule has 0 radical (unpaired) electrons. The number of anilines is 2. The molecule has 0 spiro atoms. The molecule has 0 amide bonds. The molecule has 1 aliphatic carbocycles. The van der Waals surface area contributed by atoms with Crippen LogP contribution in [0.15, 0.2) is 0 Å². The minimum absolute atomic E-state index is 0.694. The number of hydrogen-bond donors (Lipinski definition) is 2. The van der Waals surface area contributed by atoms with Crippen molar-refractivity contribution in [3.63, 3.8) is 0 Å². The molecule has 3 N–H and O–H groups in total. The van der Waals surface area contributed by atoms with Gasteiger partial charge in [0.2, 0.25) is 0 Å². The average molecular weight is 255 g/mol. The minimum Gasteiger partial charge on any atom is -0.383 e. The van der Waals surface area contributed by atoms with Crippen LogP contribution in [0.1, 0.15) is 30.7 Å². The molecule has 2 fully saturated rings. The highest BCUT2D eigenvalue weighted by molar-refractivity contribution is 7.99. The number of aromatic nitrogens is 1. The Hall–Kier alpha value is -0.420. The molecule has 5 heteroatoms. The molecule has 1 saturated carbocycles. The van der Waals surface area contributed by atoms with Gasteiger partial charge in [-0.25, -0.2) is 0 Å². The molecule has 1 saturated heterocycles. The molecule has 1 aromatic rings. The fourth-order valence-corrected chi connectivity index (χ4v) is 4.27. The molecule has 0 aromatic carbocycles. The summed E-state index contributed by atoms with van der Waals surface area (Å²) < 4.78 is 4.27. The Morgan fingerprint density at radius 3 is 2.94 bits per heavy atom. The molecule has 1 aromatic heterocycles. The Kier molecular flexibility index (Phi) is 2.98. The van der Waals surface area contributed by atoms with E-state index in [4.69, 9.17) is 5.73 Å². The third kappa shape index (κ3) is 2.15. The van der Waals surface area contributed by atoms with Crippen LogP contribution in [-0.4, -0.2) is 22.4 Å². The summed E-state index contributed by atoms with van der Waals surface area (Å²) in [5.74, 6) is 4.92. The first kappa shape index (κ1) is 10.7. The maximum absolute atomic E-state index is 5.92. The van der Waals surface area contributed by atoms with Crippen molar-refractivity contribution < 1.29 is 0 Å². The van der Waals surface area contributed by atoms with Gasteiger partial charge in [-0.1, -0.05) is 0 Å². The first-order chi connectivity index (χ1) is 7.84. The lowest BCUT2D eigenvalue weighted by molar-refractivity contribution is 0.632. The molecule has 16 heavy (non-hydrogen) atoms. The van der Waals surface area contributed by atoms with E-state index in [1.165, 1.54) is 52.9 Å². The van der Waals surface area contributed by atoms with Crippen LogP contribution in [-0.2, 0) is 0 Å². The van der Waals surface area contributed by atoms with E-state index in [-0.39, 0.29) is 0 Å². The number of rotatable bonds is 4. The first-order valence-electron chi connectivity index (χ1n) is 5.91. The molecule has 3 nitrogen and oxygen atoms in total. The molecule has 3 rings (SSSR count). The van der Waals surface area contributed by atoms with E-state index in [1.54, 1.807) is 0 Å². The number of nitrogens with zero attached hydrogens (tertiary/aromatic N) is 1. The second-order valence-corrected chi connectivity index (χ2v) is 6.62. The van der Waals surface area contributed by atoms with Crippen LogP contribution in [0.4, 0.5) is 10.8 Å². The van der Waals surface area contributed by atoms with Crippen LogP contribution in [0.2, 0.25) is 0 Å². The van der Waals surface area contributed by atoms with Gasteiger partial charge in [-0.15, -0.1) is 0 Å². The minimum atomic E-state index is 0.694. The molecule has 2 aliphatic rings. The smallest absolute Gasteiger partial charge is 0.142 e. The number of nitrogens with two attached hydrogens (primary N) is 1. The van der Waals surface area contributed by atoms with Crippen molar-refractivity contribution in [1.82, 2.24) is 4.37 Å². The monoisotopic (exact) mass is 255 g/mol. The summed E-state index contributed by atoms with van der Waals surface area (Å²) >= 11 is 3.60. The second-order valence-electron chi connectivity index (χ2n) is 4.70. The van der Waals surface area contributed by atoms with E-state index < -0.39 is 0 Å². The van der Waals surface area contributed by atoms with Gasteiger partial charge in [0.25, 0.3) is 0 Å². The molecular weight excluding hydrogens is 238 g/mol. The summed E-state index contributed by atoms with van der Waals surface area (Å²) in [5, 5.41) is 4.79. The summed E-state index contributed by atoms with van der Waals surface area (Å²) in [4.78, 5) is 0. The highest BCUT2D eigenvalue weighted by Crippen LogP contribution is 2.47. The van der Waals surface area contributed by atoms with Crippen LogP contribution in [0.5, 0.6) is 0 Å². The zero-order chi connectivity index (χ0) is 11.0. The van der Waals surface area contributed by atoms with Gasteiger partial charge in [-0.05, 0) is 54.1 Å². The lowest BCUT2D eigenvalue weighted by atomic mass is 10.1. The van der Waals surface area contributed by atoms with Crippen LogP contribution < -0.4 is 11.1 Å². The van der Waals surface area contributed by atoms with Crippen molar-refractivity contribution in [1.29, 1.82) is 0 Å². The maximum Gasteiger partial charge on any atom is 0.142 e. The molecule has 2 heterocycles. The second kappa shape index (κ2) is 4.45. The third-order valence-electron chi connectivity index (χ3n) is 3.32. The molecule has 1 aliphatic heterocycles. The first-order valence-corrected chi connectivity index (χ1v) is 7.84. The molecule has 0 bridgehead atoms. The van der Waals surface area contributed by atoms with E-state index in [0.29, 0.717) is 5.92 Å². The quantitative estimate of drug-likeness (QED) is 0.868. The lowest BCUT2D eigenvalue weighted by Gasteiger charge is -2.10. The van der Waals surface area contributed by atoms with Crippen molar-refractivity contribution in [2.24, 2.45) is 5.92 Å². The number of nitrogens with one attached hydrogen (secondary N) is 1. The van der Waals surface area contributed by atoms with Crippen molar-refractivity contribution in [2.75, 3.05) is 29.1 Å². The number of nitrogen functional groups attached to an aromatic ring is 1. The van der Waals surface area contributed by atoms with E-state index >= 15 is 0 Å². The predicted molar refractivity (Wildman–Crippen MR) is 72.4 cm³/mol. The Labute approximate surface area is 104 Å². The Bertz CT molecular complexity index is 367. The van der Waals surface area contributed by atoms with Gasteiger partial charge < -0.3 is 11.1 Å². The SMILES string of the molecule is Nc1nsc(NCC2CCSC2)c1C1CC1. The highest BCUT2D eigenvalue weighted by Gasteiger charge is 2.30. The van der Waals surface area contributed by atoms with Crippen molar-refractivity contribution in [3.05, 3.63) is 5.56 Å². The fourth-order valence-electron chi connectivity index (χ4n) is 2.18. The average Bonchev–Trinajstić information content (AvgIpc) is 2.85. The zero-order valence-electron chi connectivity index (χ0n) is 9.24. The van der Waals surface area contributed by atoms with E-state index in [9.17, 15) is 0 Å². The Balaban J connectivity index is 1.64. The highest BCUT2D eigenvalue weighted by atomic mass is 32.2. The van der Waals surface area contributed by atoms with Crippen molar-refractivity contribution in [2.45, 2.75) is 25.2 Å². The molecular formula is C11H17N3S2. The summed E-state index contributed by atoms with van der Waals surface area (Å²) in [5.41, 5.74) is 7.22. The van der Waals surface area contributed by atoms with Gasteiger partial charge in [0.05, 0.1) is 0 Å². The van der Waals surface area contributed by atoms with E-state index in [1.807, 2.05) is 0 Å². The molecule has 1 atom stereocenters. The van der Waals surface area contributed by atoms with Gasteiger partial charge in [0.1, 0.15) is 10.8 Å². The van der Waals surface area contributed by atoms with Gasteiger partial charge in [-0.3, -0.25) is 0 Å².